The van der Waals surface area contributed by atoms with Gasteiger partial charge in [-0.1, -0.05) is 59.6 Å². The second kappa shape index (κ2) is 8.86. The number of nitrogens with one attached hydrogen (secondary N) is 1. The Labute approximate surface area is 177 Å². The van der Waals surface area contributed by atoms with Crippen molar-refractivity contribution in [3.8, 4) is 0 Å². The van der Waals surface area contributed by atoms with Crippen LogP contribution in [0, 0.1) is 11.8 Å². The summed E-state index contributed by atoms with van der Waals surface area (Å²) in [6.07, 6.45) is 4.31. The SMILES string of the molecule is O=C(NCC1CC1)C1CCN(C(c2ccccc2)c2ccc(Cl)c(Cl)c2)CC1. The van der Waals surface area contributed by atoms with Gasteiger partial charge in [-0.05, 0) is 68.0 Å². The van der Waals surface area contributed by atoms with E-state index in [1.54, 1.807) is 0 Å². The van der Waals surface area contributed by atoms with Crippen LogP contribution in [0.3, 0.4) is 0 Å². The van der Waals surface area contributed by atoms with E-state index in [1.165, 1.54) is 18.4 Å². The maximum absolute atomic E-state index is 12.5. The molecule has 1 aliphatic heterocycles. The van der Waals surface area contributed by atoms with E-state index >= 15 is 0 Å². The first-order valence-electron chi connectivity index (χ1n) is 10.1. The minimum Gasteiger partial charge on any atom is -0.356 e. The summed E-state index contributed by atoms with van der Waals surface area (Å²) in [5.74, 6) is 1.08. The van der Waals surface area contributed by atoms with Gasteiger partial charge < -0.3 is 5.32 Å². The third-order valence-corrected chi connectivity index (χ3v) is 6.64. The molecule has 3 nitrogen and oxygen atoms in total. The minimum absolute atomic E-state index is 0.117. The van der Waals surface area contributed by atoms with Gasteiger partial charge in [-0.3, -0.25) is 9.69 Å². The first-order valence-corrected chi connectivity index (χ1v) is 10.9. The lowest BCUT2D eigenvalue weighted by Gasteiger charge is -2.38. The second-order valence-corrected chi connectivity index (χ2v) is 8.80. The van der Waals surface area contributed by atoms with E-state index in [0.29, 0.717) is 10.0 Å². The molecule has 2 aliphatic rings. The minimum atomic E-state index is 0.117. The third-order valence-electron chi connectivity index (χ3n) is 5.90. The molecule has 0 radical (unpaired) electrons. The summed E-state index contributed by atoms with van der Waals surface area (Å²) in [4.78, 5) is 14.9. The standard InChI is InChI=1S/C23H26Cl2N2O/c24-20-9-8-19(14-21(20)25)22(17-4-2-1-3-5-17)27-12-10-18(11-13-27)23(28)26-15-16-6-7-16/h1-5,8-9,14,16,18,22H,6-7,10-13,15H2,(H,26,28). The highest BCUT2D eigenvalue weighted by molar-refractivity contribution is 6.42. The van der Waals surface area contributed by atoms with Crippen LogP contribution in [-0.2, 0) is 4.79 Å². The molecule has 0 aromatic heterocycles. The van der Waals surface area contributed by atoms with Crippen LogP contribution in [0.25, 0.3) is 0 Å². The molecule has 1 aliphatic carbocycles. The molecule has 2 aromatic carbocycles. The van der Waals surface area contributed by atoms with Crippen molar-refractivity contribution < 1.29 is 4.79 Å². The van der Waals surface area contributed by atoms with Crippen LogP contribution < -0.4 is 5.32 Å². The van der Waals surface area contributed by atoms with Gasteiger partial charge in [0, 0.05) is 12.5 Å². The summed E-state index contributed by atoms with van der Waals surface area (Å²) in [6.45, 7) is 2.64. The predicted molar refractivity (Wildman–Crippen MR) is 115 cm³/mol. The Balaban J connectivity index is 1.48. The zero-order valence-electron chi connectivity index (χ0n) is 15.9. The molecule has 0 spiro atoms. The number of carbonyl (C=O) groups is 1. The second-order valence-electron chi connectivity index (χ2n) is 7.99. The lowest BCUT2D eigenvalue weighted by molar-refractivity contribution is -0.126. The molecule has 4 rings (SSSR count). The number of amides is 1. The van der Waals surface area contributed by atoms with Crippen LogP contribution in [0.4, 0.5) is 0 Å². The van der Waals surface area contributed by atoms with Gasteiger partial charge in [-0.2, -0.15) is 0 Å². The summed E-state index contributed by atoms with van der Waals surface area (Å²) in [5, 5.41) is 4.30. The van der Waals surface area contributed by atoms with E-state index < -0.39 is 0 Å². The van der Waals surface area contributed by atoms with E-state index in [9.17, 15) is 4.79 Å². The molecule has 1 saturated heterocycles. The van der Waals surface area contributed by atoms with Gasteiger partial charge in [0.2, 0.25) is 5.91 Å². The van der Waals surface area contributed by atoms with Crippen LogP contribution in [0.1, 0.15) is 42.9 Å². The van der Waals surface area contributed by atoms with Crippen molar-refractivity contribution in [2.45, 2.75) is 31.7 Å². The molecule has 1 unspecified atom stereocenters. The maximum Gasteiger partial charge on any atom is 0.223 e. The highest BCUT2D eigenvalue weighted by Gasteiger charge is 2.31. The summed E-state index contributed by atoms with van der Waals surface area (Å²) in [5.41, 5.74) is 2.37. The third kappa shape index (κ3) is 4.71. The number of carbonyl (C=O) groups excluding carboxylic acids is 1. The molecule has 2 aromatic rings. The summed E-state index contributed by atoms with van der Waals surface area (Å²) < 4.78 is 0. The van der Waals surface area contributed by atoms with Gasteiger partial charge in [-0.25, -0.2) is 0 Å². The molecular formula is C23H26Cl2N2O. The lowest BCUT2D eigenvalue weighted by atomic mass is 9.91. The molecule has 1 heterocycles. The van der Waals surface area contributed by atoms with Crippen LogP contribution in [0.15, 0.2) is 48.5 Å². The molecule has 1 atom stereocenters. The monoisotopic (exact) mass is 416 g/mol. The summed E-state index contributed by atoms with van der Waals surface area (Å²) in [6, 6.07) is 16.5. The van der Waals surface area contributed by atoms with Crippen molar-refractivity contribution in [3.05, 3.63) is 69.7 Å². The molecule has 148 valence electrons. The van der Waals surface area contributed by atoms with Crippen molar-refractivity contribution in [1.29, 1.82) is 0 Å². The van der Waals surface area contributed by atoms with E-state index in [1.807, 2.05) is 18.2 Å². The van der Waals surface area contributed by atoms with Crippen molar-refractivity contribution >= 4 is 29.1 Å². The molecule has 1 saturated carbocycles. The van der Waals surface area contributed by atoms with Crippen LogP contribution >= 0.6 is 23.2 Å². The average molecular weight is 417 g/mol. The number of hydrogen-bond donors (Lipinski definition) is 1. The molecule has 1 amide bonds. The Morgan fingerprint density at radius 1 is 0.964 bits per heavy atom. The molecule has 28 heavy (non-hydrogen) atoms. The molecule has 2 fully saturated rings. The summed E-state index contributed by atoms with van der Waals surface area (Å²) in [7, 11) is 0. The summed E-state index contributed by atoms with van der Waals surface area (Å²) >= 11 is 12.4. The van der Waals surface area contributed by atoms with Gasteiger partial charge in [0.1, 0.15) is 0 Å². The predicted octanol–water partition coefficient (Wildman–Crippen LogP) is 5.32. The van der Waals surface area contributed by atoms with Gasteiger partial charge in [0.25, 0.3) is 0 Å². The van der Waals surface area contributed by atoms with Gasteiger partial charge in [-0.15, -0.1) is 0 Å². The van der Waals surface area contributed by atoms with Crippen molar-refractivity contribution in [3.63, 3.8) is 0 Å². The fraction of sp³-hybridized carbons (Fsp3) is 0.435. The smallest absolute Gasteiger partial charge is 0.223 e. The van der Waals surface area contributed by atoms with Crippen LogP contribution in [0.2, 0.25) is 10.0 Å². The van der Waals surface area contributed by atoms with E-state index in [2.05, 4.69) is 40.5 Å². The maximum atomic E-state index is 12.5. The van der Waals surface area contributed by atoms with Gasteiger partial charge in [0.15, 0.2) is 0 Å². The van der Waals surface area contributed by atoms with E-state index in [4.69, 9.17) is 23.2 Å². The van der Waals surface area contributed by atoms with Crippen LogP contribution in [-0.4, -0.2) is 30.4 Å². The van der Waals surface area contributed by atoms with Crippen LogP contribution in [0.5, 0.6) is 0 Å². The number of halogens is 2. The Kier molecular flexibility index (Phi) is 6.25. The Morgan fingerprint density at radius 2 is 1.68 bits per heavy atom. The first kappa shape index (κ1) is 19.8. The van der Waals surface area contributed by atoms with Crippen molar-refractivity contribution in [2.75, 3.05) is 19.6 Å². The Bertz CT molecular complexity index is 815. The number of nitrogens with zero attached hydrogens (tertiary/aromatic N) is 1. The van der Waals surface area contributed by atoms with Crippen molar-refractivity contribution in [1.82, 2.24) is 10.2 Å². The van der Waals surface area contributed by atoms with Gasteiger partial charge >= 0.3 is 0 Å². The number of likely N-dealkylation sites (tertiary alicyclic amines) is 1. The van der Waals surface area contributed by atoms with Gasteiger partial charge in [0.05, 0.1) is 16.1 Å². The highest BCUT2D eigenvalue weighted by atomic mass is 35.5. The number of piperidine rings is 1. The Hall–Kier alpha value is -1.55. The molecular weight excluding hydrogens is 391 g/mol. The highest BCUT2D eigenvalue weighted by Crippen LogP contribution is 2.35. The topological polar surface area (TPSA) is 32.3 Å². The average Bonchev–Trinajstić information content (AvgIpc) is 3.55. The first-order chi connectivity index (χ1) is 13.6. The zero-order chi connectivity index (χ0) is 19.5. The largest absolute Gasteiger partial charge is 0.356 e. The zero-order valence-corrected chi connectivity index (χ0v) is 17.4. The lowest BCUT2D eigenvalue weighted by Crippen LogP contribution is -2.42. The molecule has 0 bridgehead atoms. The fourth-order valence-electron chi connectivity index (χ4n) is 4.06. The van der Waals surface area contributed by atoms with E-state index in [-0.39, 0.29) is 17.9 Å². The number of hydrogen-bond acceptors (Lipinski definition) is 2. The number of benzene rings is 2. The normalized spacial score (nSPS) is 19.4. The van der Waals surface area contributed by atoms with E-state index in [0.717, 1.165) is 44.0 Å². The molecule has 5 heteroatoms. The fourth-order valence-corrected chi connectivity index (χ4v) is 4.37. The quantitative estimate of drug-likeness (QED) is 0.690. The number of rotatable bonds is 6. The van der Waals surface area contributed by atoms with Crippen molar-refractivity contribution in [2.24, 2.45) is 11.8 Å². The molecule has 1 N–H and O–H groups in total. The Morgan fingerprint density at radius 3 is 2.32 bits per heavy atom.